The van der Waals surface area contributed by atoms with Crippen molar-refractivity contribution in [2.24, 2.45) is 11.7 Å². The van der Waals surface area contributed by atoms with E-state index in [-0.39, 0.29) is 23.3 Å². The van der Waals surface area contributed by atoms with Crippen LogP contribution in [0.5, 0.6) is 0 Å². The van der Waals surface area contributed by atoms with Gasteiger partial charge in [-0.2, -0.15) is 0 Å². The van der Waals surface area contributed by atoms with Gasteiger partial charge in [0.2, 0.25) is 11.8 Å². The normalized spacial score (nSPS) is 29.1. The van der Waals surface area contributed by atoms with Gasteiger partial charge < -0.3 is 16.0 Å². The molecule has 1 saturated carbocycles. The Morgan fingerprint density at radius 1 is 1.30 bits per heavy atom. The van der Waals surface area contributed by atoms with Gasteiger partial charge in [-0.15, -0.1) is 6.58 Å². The smallest absolute Gasteiger partial charge is 0.234 e. The summed E-state index contributed by atoms with van der Waals surface area (Å²) in [6.07, 6.45) is 5.70. The van der Waals surface area contributed by atoms with Gasteiger partial charge in [-0.05, 0) is 19.8 Å². The van der Waals surface area contributed by atoms with Gasteiger partial charge in [0.15, 0.2) is 0 Å². The first kappa shape index (κ1) is 17.9. The second kappa shape index (κ2) is 7.93. The summed E-state index contributed by atoms with van der Waals surface area (Å²) in [5.41, 5.74) is 5.97. The molecule has 0 spiro atoms. The minimum absolute atomic E-state index is 0.00601. The minimum Gasteiger partial charge on any atom is -0.352 e. The number of carbonyl (C=O) groups excluding carboxylic acids is 2. The molecule has 23 heavy (non-hydrogen) atoms. The molecule has 2 fully saturated rings. The Kier molecular flexibility index (Phi) is 6.18. The average Bonchev–Trinajstić information content (AvgIpc) is 2.52. The number of rotatable bonds is 5. The molecule has 1 heterocycles. The SMILES string of the molecule is C=CCNC(=O)CN1CCN(C(=O)C2CCCCC2(C)N)CC1. The quantitative estimate of drug-likeness (QED) is 0.716. The number of amides is 2. The van der Waals surface area contributed by atoms with E-state index in [1.807, 2.05) is 11.8 Å². The highest BCUT2D eigenvalue weighted by Crippen LogP contribution is 2.33. The molecule has 6 nitrogen and oxygen atoms in total. The Bertz CT molecular complexity index is 442. The first-order valence-corrected chi connectivity index (χ1v) is 8.61. The molecule has 2 atom stereocenters. The molecule has 2 amide bonds. The summed E-state index contributed by atoms with van der Waals surface area (Å²) in [6.45, 7) is 9.30. The van der Waals surface area contributed by atoms with Crippen molar-refractivity contribution in [3.63, 3.8) is 0 Å². The molecule has 1 saturated heterocycles. The van der Waals surface area contributed by atoms with Crippen molar-refractivity contribution in [3.8, 4) is 0 Å². The molecule has 0 aromatic rings. The molecule has 1 aliphatic heterocycles. The van der Waals surface area contributed by atoms with Gasteiger partial charge in [0.1, 0.15) is 0 Å². The summed E-state index contributed by atoms with van der Waals surface area (Å²) in [6, 6.07) is 0. The molecular weight excluding hydrogens is 292 g/mol. The van der Waals surface area contributed by atoms with Crippen molar-refractivity contribution in [3.05, 3.63) is 12.7 Å². The zero-order chi connectivity index (χ0) is 16.9. The van der Waals surface area contributed by atoms with E-state index in [4.69, 9.17) is 5.73 Å². The van der Waals surface area contributed by atoms with Crippen LogP contribution in [-0.2, 0) is 9.59 Å². The van der Waals surface area contributed by atoms with Crippen LogP contribution in [0, 0.1) is 5.92 Å². The van der Waals surface area contributed by atoms with Gasteiger partial charge in [-0.25, -0.2) is 0 Å². The van der Waals surface area contributed by atoms with E-state index in [0.29, 0.717) is 26.2 Å². The van der Waals surface area contributed by atoms with Crippen molar-refractivity contribution in [1.29, 1.82) is 0 Å². The van der Waals surface area contributed by atoms with Gasteiger partial charge in [-0.1, -0.05) is 18.9 Å². The van der Waals surface area contributed by atoms with Crippen LogP contribution in [0.1, 0.15) is 32.6 Å². The summed E-state index contributed by atoms with van der Waals surface area (Å²) in [5, 5.41) is 2.78. The van der Waals surface area contributed by atoms with Gasteiger partial charge in [0.25, 0.3) is 0 Å². The zero-order valence-corrected chi connectivity index (χ0v) is 14.2. The van der Waals surface area contributed by atoms with Crippen molar-refractivity contribution < 1.29 is 9.59 Å². The van der Waals surface area contributed by atoms with Crippen LogP contribution >= 0.6 is 0 Å². The highest BCUT2D eigenvalue weighted by atomic mass is 16.2. The van der Waals surface area contributed by atoms with Crippen LogP contribution in [0.25, 0.3) is 0 Å². The largest absolute Gasteiger partial charge is 0.352 e. The number of hydrogen-bond acceptors (Lipinski definition) is 4. The van der Waals surface area contributed by atoms with Crippen LogP contribution in [0.4, 0.5) is 0 Å². The Labute approximate surface area is 139 Å². The molecule has 130 valence electrons. The summed E-state index contributed by atoms with van der Waals surface area (Å²) >= 11 is 0. The van der Waals surface area contributed by atoms with E-state index in [1.54, 1.807) is 6.08 Å². The van der Waals surface area contributed by atoms with Crippen LogP contribution in [0.3, 0.4) is 0 Å². The second-order valence-corrected chi connectivity index (χ2v) is 7.00. The highest BCUT2D eigenvalue weighted by Gasteiger charge is 2.40. The van der Waals surface area contributed by atoms with Crippen molar-refractivity contribution in [2.75, 3.05) is 39.3 Å². The molecule has 0 aromatic carbocycles. The minimum atomic E-state index is -0.378. The van der Waals surface area contributed by atoms with E-state index in [1.165, 1.54) is 0 Å². The van der Waals surface area contributed by atoms with Gasteiger partial charge >= 0.3 is 0 Å². The fourth-order valence-electron chi connectivity index (χ4n) is 3.56. The molecule has 0 bridgehead atoms. The summed E-state index contributed by atoms with van der Waals surface area (Å²) < 4.78 is 0. The first-order chi connectivity index (χ1) is 10.9. The number of nitrogens with zero attached hydrogens (tertiary/aromatic N) is 2. The van der Waals surface area contributed by atoms with Gasteiger partial charge in [0, 0.05) is 38.3 Å². The standard InChI is InChI=1S/C17H30N4O2/c1-3-8-19-15(22)13-20-9-11-21(12-10-20)16(23)14-6-4-5-7-17(14,2)18/h3,14H,1,4-13,18H2,2H3,(H,19,22). The molecule has 1 aliphatic carbocycles. The molecule has 2 aliphatic rings. The van der Waals surface area contributed by atoms with Crippen LogP contribution < -0.4 is 11.1 Å². The lowest BCUT2D eigenvalue weighted by Crippen LogP contribution is -2.57. The Balaban J connectivity index is 1.80. The van der Waals surface area contributed by atoms with E-state index in [2.05, 4.69) is 16.8 Å². The average molecular weight is 322 g/mol. The molecule has 2 unspecified atom stereocenters. The third-order valence-electron chi connectivity index (χ3n) is 5.05. The number of piperazine rings is 1. The first-order valence-electron chi connectivity index (χ1n) is 8.61. The number of nitrogens with two attached hydrogens (primary N) is 1. The molecular formula is C17H30N4O2. The second-order valence-electron chi connectivity index (χ2n) is 7.00. The summed E-state index contributed by atoms with van der Waals surface area (Å²) in [5.74, 6) is 0.149. The van der Waals surface area contributed by atoms with E-state index in [0.717, 1.165) is 38.8 Å². The number of nitrogens with one attached hydrogen (secondary N) is 1. The lowest BCUT2D eigenvalue weighted by atomic mass is 9.74. The summed E-state index contributed by atoms with van der Waals surface area (Å²) in [4.78, 5) is 28.5. The lowest BCUT2D eigenvalue weighted by Gasteiger charge is -2.42. The monoisotopic (exact) mass is 322 g/mol. The topological polar surface area (TPSA) is 78.7 Å². The van der Waals surface area contributed by atoms with Crippen LogP contribution in [0.15, 0.2) is 12.7 Å². The number of hydrogen-bond donors (Lipinski definition) is 2. The third kappa shape index (κ3) is 4.78. The maximum atomic E-state index is 12.8. The van der Waals surface area contributed by atoms with Gasteiger partial charge in [0.05, 0.1) is 12.5 Å². The van der Waals surface area contributed by atoms with Crippen LogP contribution in [-0.4, -0.2) is 66.4 Å². The fraction of sp³-hybridized carbons (Fsp3) is 0.765. The van der Waals surface area contributed by atoms with Crippen molar-refractivity contribution in [2.45, 2.75) is 38.1 Å². The van der Waals surface area contributed by atoms with Crippen LogP contribution in [0.2, 0.25) is 0 Å². The fourth-order valence-corrected chi connectivity index (χ4v) is 3.56. The molecule has 6 heteroatoms. The zero-order valence-electron chi connectivity index (χ0n) is 14.2. The molecule has 2 rings (SSSR count). The molecule has 0 radical (unpaired) electrons. The molecule has 3 N–H and O–H groups in total. The number of carbonyl (C=O) groups is 2. The van der Waals surface area contributed by atoms with E-state index < -0.39 is 0 Å². The van der Waals surface area contributed by atoms with E-state index >= 15 is 0 Å². The third-order valence-corrected chi connectivity index (χ3v) is 5.05. The van der Waals surface area contributed by atoms with Crippen molar-refractivity contribution in [1.82, 2.24) is 15.1 Å². The Morgan fingerprint density at radius 3 is 2.61 bits per heavy atom. The predicted molar refractivity (Wildman–Crippen MR) is 90.8 cm³/mol. The van der Waals surface area contributed by atoms with Gasteiger partial charge in [-0.3, -0.25) is 14.5 Å². The predicted octanol–water partition coefficient (Wildman–Crippen LogP) is 0.340. The van der Waals surface area contributed by atoms with Crippen molar-refractivity contribution >= 4 is 11.8 Å². The maximum Gasteiger partial charge on any atom is 0.234 e. The lowest BCUT2D eigenvalue weighted by molar-refractivity contribution is -0.140. The molecule has 0 aromatic heterocycles. The maximum absolute atomic E-state index is 12.8. The Hall–Kier alpha value is -1.40. The Morgan fingerprint density at radius 2 is 2.00 bits per heavy atom. The highest BCUT2D eigenvalue weighted by molar-refractivity contribution is 5.81. The summed E-state index contributed by atoms with van der Waals surface area (Å²) in [7, 11) is 0. The van der Waals surface area contributed by atoms with E-state index in [9.17, 15) is 9.59 Å².